The lowest BCUT2D eigenvalue weighted by Gasteiger charge is -2.19. The van der Waals surface area contributed by atoms with Gasteiger partial charge < -0.3 is 15.5 Å². The van der Waals surface area contributed by atoms with Gasteiger partial charge in [0.2, 0.25) is 0 Å². The van der Waals surface area contributed by atoms with Crippen LogP contribution in [0.2, 0.25) is 0 Å². The van der Waals surface area contributed by atoms with Crippen molar-refractivity contribution in [1.29, 1.82) is 0 Å². The highest BCUT2D eigenvalue weighted by Gasteiger charge is 2.28. The third kappa shape index (κ3) is 2.61. The summed E-state index contributed by atoms with van der Waals surface area (Å²) < 4.78 is 0. The molecule has 0 bridgehead atoms. The fourth-order valence-electron chi connectivity index (χ4n) is 2.37. The predicted octanol–water partition coefficient (Wildman–Crippen LogP) is 2.39. The maximum absolute atomic E-state index is 12.0. The average Bonchev–Trinajstić information content (AvgIpc) is 2.79. The second-order valence-corrected chi connectivity index (χ2v) is 5.25. The van der Waals surface area contributed by atoms with Gasteiger partial charge in [0, 0.05) is 11.4 Å². The Kier molecular flexibility index (Phi) is 4.11. The second kappa shape index (κ2) is 5.61. The van der Waals surface area contributed by atoms with Crippen molar-refractivity contribution in [1.82, 2.24) is 5.32 Å². The molecule has 0 saturated heterocycles. The van der Waals surface area contributed by atoms with E-state index in [2.05, 4.69) is 21.2 Å². The van der Waals surface area contributed by atoms with Gasteiger partial charge in [-0.2, -0.15) is 0 Å². The lowest BCUT2D eigenvalue weighted by Crippen LogP contribution is -2.37. The molecule has 0 radical (unpaired) electrons. The van der Waals surface area contributed by atoms with Crippen LogP contribution in [0.4, 0.5) is 0 Å². The van der Waals surface area contributed by atoms with Crippen LogP contribution in [0, 0.1) is 5.92 Å². The normalized spacial score (nSPS) is 22.9. The van der Waals surface area contributed by atoms with E-state index in [0.29, 0.717) is 5.92 Å². The van der Waals surface area contributed by atoms with E-state index in [1.165, 1.54) is 12.1 Å². The van der Waals surface area contributed by atoms with Crippen molar-refractivity contribution in [3.8, 4) is 11.5 Å². The van der Waals surface area contributed by atoms with Crippen molar-refractivity contribution in [3.05, 3.63) is 23.8 Å². The summed E-state index contributed by atoms with van der Waals surface area (Å²) in [6.45, 7) is 0. The van der Waals surface area contributed by atoms with Crippen LogP contribution in [-0.2, 0) is 0 Å². The topological polar surface area (TPSA) is 69.6 Å². The first-order valence-electron chi connectivity index (χ1n) is 6.01. The summed E-state index contributed by atoms with van der Waals surface area (Å²) >= 11 is 3.45. The van der Waals surface area contributed by atoms with E-state index in [1.54, 1.807) is 6.07 Å². The summed E-state index contributed by atoms with van der Waals surface area (Å²) in [6.07, 6.45) is 3.16. The molecule has 0 aliphatic heterocycles. The third-order valence-corrected chi connectivity index (χ3v) is 4.26. The van der Waals surface area contributed by atoms with Gasteiger partial charge >= 0.3 is 0 Å². The fourth-order valence-corrected chi connectivity index (χ4v) is 3.15. The molecule has 98 valence electrons. The van der Waals surface area contributed by atoms with Gasteiger partial charge in [-0.1, -0.05) is 28.4 Å². The number of nitrogens with one attached hydrogen (secondary N) is 1. The molecule has 1 aliphatic carbocycles. The summed E-state index contributed by atoms with van der Waals surface area (Å²) in [7, 11) is 0. The van der Waals surface area contributed by atoms with Gasteiger partial charge in [-0.05, 0) is 30.9 Å². The number of rotatable bonds is 3. The number of amides is 1. The summed E-state index contributed by atoms with van der Waals surface area (Å²) in [4.78, 5) is 12.0. The molecule has 2 unspecified atom stereocenters. The lowest BCUT2D eigenvalue weighted by molar-refractivity contribution is 0.0927. The Morgan fingerprint density at radius 2 is 2.17 bits per heavy atom. The van der Waals surface area contributed by atoms with Crippen LogP contribution in [0.25, 0.3) is 0 Å². The molecule has 1 aromatic rings. The van der Waals surface area contributed by atoms with Crippen LogP contribution >= 0.6 is 15.9 Å². The molecular weight excluding hydrogens is 298 g/mol. The molecule has 1 aliphatic rings. The Hall–Kier alpha value is -1.23. The van der Waals surface area contributed by atoms with E-state index in [9.17, 15) is 15.0 Å². The summed E-state index contributed by atoms with van der Waals surface area (Å²) in [5, 5.41) is 22.8. The predicted molar refractivity (Wildman–Crippen MR) is 72.2 cm³/mol. The highest BCUT2D eigenvalue weighted by Crippen LogP contribution is 2.30. The van der Waals surface area contributed by atoms with Gasteiger partial charge in [-0.15, -0.1) is 0 Å². The number of para-hydroxylation sites is 1. The second-order valence-electron chi connectivity index (χ2n) is 4.60. The maximum atomic E-state index is 12.0. The molecule has 1 fully saturated rings. The molecule has 2 rings (SSSR count). The summed E-state index contributed by atoms with van der Waals surface area (Å²) in [5.41, 5.74) is 0.121. The Balaban J connectivity index is 2.10. The van der Waals surface area contributed by atoms with Crippen LogP contribution in [0.15, 0.2) is 18.2 Å². The van der Waals surface area contributed by atoms with Gasteiger partial charge in [0.15, 0.2) is 11.5 Å². The number of alkyl halides is 1. The monoisotopic (exact) mass is 313 g/mol. The van der Waals surface area contributed by atoms with Crippen LogP contribution < -0.4 is 5.32 Å². The molecule has 1 saturated carbocycles. The van der Waals surface area contributed by atoms with Gasteiger partial charge in [0.05, 0.1) is 5.56 Å². The summed E-state index contributed by atoms with van der Waals surface area (Å²) in [5.74, 6) is -0.524. The minimum atomic E-state index is -0.358. The molecule has 0 spiro atoms. The standard InChI is InChI=1S/C13H16BrNO3/c14-7-8-3-1-5-10(8)15-13(18)9-4-2-6-11(16)12(9)17/h2,4,6,8,10,16-17H,1,3,5,7H2,(H,15,18). The Bertz CT molecular complexity index is 450. The molecule has 5 heteroatoms. The van der Waals surface area contributed by atoms with E-state index in [0.717, 1.165) is 24.6 Å². The molecule has 0 aromatic heterocycles. The van der Waals surface area contributed by atoms with Crippen LogP contribution in [0.5, 0.6) is 11.5 Å². The zero-order valence-electron chi connectivity index (χ0n) is 9.90. The van der Waals surface area contributed by atoms with Gasteiger partial charge in [-0.3, -0.25) is 4.79 Å². The minimum Gasteiger partial charge on any atom is -0.504 e. The van der Waals surface area contributed by atoms with Crippen LogP contribution in [0.1, 0.15) is 29.6 Å². The molecule has 1 aromatic carbocycles. The average molecular weight is 314 g/mol. The number of hydrogen-bond donors (Lipinski definition) is 3. The van der Waals surface area contributed by atoms with E-state index in [-0.39, 0.29) is 29.0 Å². The molecule has 1 amide bonds. The van der Waals surface area contributed by atoms with E-state index >= 15 is 0 Å². The van der Waals surface area contributed by atoms with Crippen molar-refractivity contribution >= 4 is 21.8 Å². The first-order chi connectivity index (χ1) is 8.63. The van der Waals surface area contributed by atoms with Crippen molar-refractivity contribution in [2.45, 2.75) is 25.3 Å². The number of aromatic hydroxyl groups is 2. The molecule has 2 atom stereocenters. The Labute approximate surface area is 114 Å². The maximum Gasteiger partial charge on any atom is 0.255 e. The van der Waals surface area contributed by atoms with E-state index in [1.807, 2.05) is 0 Å². The third-order valence-electron chi connectivity index (χ3n) is 3.43. The summed E-state index contributed by atoms with van der Waals surface area (Å²) in [6, 6.07) is 4.53. The minimum absolute atomic E-state index is 0.121. The van der Waals surface area contributed by atoms with Gasteiger partial charge in [0.1, 0.15) is 0 Å². The first-order valence-corrected chi connectivity index (χ1v) is 7.13. The number of benzene rings is 1. The lowest BCUT2D eigenvalue weighted by atomic mass is 10.1. The zero-order valence-corrected chi connectivity index (χ0v) is 11.5. The van der Waals surface area contributed by atoms with Crippen molar-refractivity contribution in [2.24, 2.45) is 5.92 Å². The number of carbonyl (C=O) groups is 1. The van der Waals surface area contributed by atoms with Crippen molar-refractivity contribution in [3.63, 3.8) is 0 Å². The SMILES string of the molecule is O=C(NC1CCCC1CBr)c1cccc(O)c1O. The molecular formula is C13H16BrNO3. The van der Waals surface area contributed by atoms with E-state index in [4.69, 9.17) is 0 Å². The molecule has 3 N–H and O–H groups in total. The largest absolute Gasteiger partial charge is 0.504 e. The van der Waals surface area contributed by atoms with Gasteiger partial charge in [0.25, 0.3) is 5.91 Å². The van der Waals surface area contributed by atoms with Crippen LogP contribution in [-0.4, -0.2) is 27.5 Å². The molecule has 18 heavy (non-hydrogen) atoms. The Morgan fingerprint density at radius 1 is 1.39 bits per heavy atom. The fraction of sp³-hybridized carbons (Fsp3) is 0.462. The van der Waals surface area contributed by atoms with Crippen molar-refractivity contribution < 1.29 is 15.0 Å². The number of halogens is 1. The highest BCUT2D eigenvalue weighted by molar-refractivity contribution is 9.09. The number of phenols is 2. The van der Waals surface area contributed by atoms with Gasteiger partial charge in [-0.25, -0.2) is 0 Å². The van der Waals surface area contributed by atoms with Crippen LogP contribution in [0.3, 0.4) is 0 Å². The number of phenolic OH excluding ortho intramolecular Hbond substituents is 2. The first kappa shape index (κ1) is 13.2. The Morgan fingerprint density at radius 3 is 2.89 bits per heavy atom. The smallest absolute Gasteiger partial charge is 0.255 e. The zero-order chi connectivity index (χ0) is 13.1. The van der Waals surface area contributed by atoms with E-state index < -0.39 is 0 Å². The molecule has 0 heterocycles. The number of hydrogen-bond acceptors (Lipinski definition) is 3. The molecule has 4 nitrogen and oxygen atoms in total. The number of carbonyl (C=O) groups excluding carboxylic acids is 1. The van der Waals surface area contributed by atoms with Crippen molar-refractivity contribution in [2.75, 3.05) is 5.33 Å². The highest BCUT2D eigenvalue weighted by atomic mass is 79.9. The quantitative estimate of drug-likeness (QED) is 0.593.